The third-order valence-electron chi connectivity index (χ3n) is 18.4. The van der Waals surface area contributed by atoms with Crippen molar-refractivity contribution in [3.63, 3.8) is 0 Å². The van der Waals surface area contributed by atoms with Gasteiger partial charge in [0.2, 0.25) is 0 Å². The largest absolute Gasteiger partial charge is 0.472 e. The molecule has 0 spiro atoms. The highest BCUT2D eigenvalue weighted by atomic mass is 31.2. The monoisotopic (exact) mass is 1380 g/mol. The predicted octanol–water partition coefficient (Wildman–Crippen LogP) is 21.7. The van der Waals surface area contributed by atoms with Crippen molar-refractivity contribution in [3.05, 3.63) is 0 Å². The van der Waals surface area contributed by atoms with Gasteiger partial charge in [-0.25, -0.2) is 9.13 Å². The van der Waals surface area contributed by atoms with Crippen LogP contribution in [0.15, 0.2) is 0 Å². The van der Waals surface area contributed by atoms with Gasteiger partial charge in [-0.1, -0.05) is 325 Å². The topological polar surface area (TPSA) is 237 Å². The summed E-state index contributed by atoms with van der Waals surface area (Å²) in [7, 11) is -9.91. The SMILES string of the molecule is CCC(C)CCCCCCCCCCCCCCCCC(=O)O[C@H](COC(=O)CCCCCCCCCCCCC(C)CC)COP(=O)(O)OCC(O)COP(=O)(O)OC[C@@H](COC(=O)CCCCCCCCCC(C)C)OC(=O)CCCCCCCCCCC(C)CC. The molecule has 3 N–H and O–H groups in total. The summed E-state index contributed by atoms with van der Waals surface area (Å²) in [5.41, 5.74) is 0. The number of rotatable bonds is 72. The molecule has 0 aliphatic rings. The number of carbonyl (C=O) groups excluding carboxylic acids is 4. The molecule has 0 aromatic heterocycles. The second-order valence-electron chi connectivity index (χ2n) is 28.2. The second kappa shape index (κ2) is 64.4. The number of hydrogen-bond donors (Lipinski definition) is 3. The van der Waals surface area contributed by atoms with Crippen LogP contribution < -0.4 is 0 Å². The number of phosphoric acid groups is 2. The number of hydrogen-bond acceptors (Lipinski definition) is 15. The average Bonchev–Trinajstić information content (AvgIpc) is 1.28. The molecule has 0 bridgehead atoms. The van der Waals surface area contributed by atoms with Gasteiger partial charge in [-0.2, -0.15) is 0 Å². The maximum atomic E-state index is 13.1. The Labute approximate surface area is 575 Å². The van der Waals surface area contributed by atoms with Gasteiger partial charge in [0.1, 0.15) is 19.3 Å². The van der Waals surface area contributed by atoms with E-state index in [9.17, 15) is 43.2 Å². The molecule has 8 atom stereocenters. The summed E-state index contributed by atoms with van der Waals surface area (Å²) in [6, 6.07) is 0. The van der Waals surface area contributed by atoms with Crippen LogP contribution in [0.3, 0.4) is 0 Å². The van der Waals surface area contributed by atoms with E-state index < -0.39 is 97.5 Å². The van der Waals surface area contributed by atoms with Crippen LogP contribution in [0.5, 0.6) is 0 Å². The van der Waals surface area contributed by atoms with Gasteiger partial charge in [-0.15, -0.1) is 0 Å². The summed E-state index contributed by atoms with van der Waals surface area (Å²) in [5, 5.41) is 10.6. The first-order chi connectivity index (χ1) is 45.2. The maximum absolute atomic E-state index is 13.1. The molecule has 0 aromatic rings. The lowest BCUT2D eigenvalue weighted by atomic mass is 9.99. The molecule has 0 radical (unpaired) electrons. The van der Waals surface area contributed by atoms with Crippen LogP contribution in [0.1, 0.15) is 376 Å². The van der Waals surface area contributed by atoms with Crippen LogP contribution in [-0.4, -0.2) is 96.7 Å². The van der Waals surface area contributed by atoms with E-state index in [-0.39, 0.29) is 25.7 Å². The zero-order chi connectivity index (χ0) is 69.6. The summed E-state index contributed by atoms with van der Waals surface area (Å²) in [6.45, 7) is 14.2. The van der Waals surface area contributed by atoms with Crippen molar-refractivity contribution in [1.82, 2.24) is 0 Å². The predicted molar refractivity (Wildman–Crippen MR) is 381 cm³/mol. The van der Waals surface area contributed by atoms with Crippen LogP contribution in [-0.2, 0) is 65.4 Å². The lowest BCUT2D eigenvalue weighted by Gasteiger charge is -2.21. The molecule has 0 aliphatic heterocycles. The molecule has 19 heteroatoms. The number of ether oxygens (including phenoxy) is 4. The smallest absolute Gasteiger partial charge is 0.462 e. The van der Waals surface area contributed by atoms with Gasteiger partial charge in [0.15, 0.2) is 12.2 Å². The van der Waals surface area contributed by atoms with Gasteiger partial charge in [0, 0.05) is 25.7 Å². The summed E-state index contributed by atoms with van der Waals surface area (Å²) in [6.07, 6.45) is 48.4. The number of phosphoric ester groups is 2. The first-order valence-electron chi connectivity index (χ1n) is 38.8. The summed E-state index contributed by atoms with van der Waals surface area (Å²) < 4.78 is 68.5. The van der Waals surface area contributed by atoms with Crippen LogP contribution >= 0.6 is 15.6 Å². The number of carbonyl (C=O) groups is 4. The molecule has 0 fully saturated rings. The Bertz CT molecular complexity index is 1860. The van der Waals surface area contributed by atoms with Crippen molar-refractivity contribution in [2.75, 3.05) is 39.6 Å². The lowest BCUT2D eigenvalue weighted by molar-refractivity contribution is -0.161. The molecule has 17 nitrogen and oxygen atoms in total. The van der Waals surface area contributed by atoms with E-state index in [1.807, 2.05) is 0 Å². The van der Waals surface area contributed by atoms with E-state index in [0.29, 0.717) is 31.6 Å². The van der Waals surface area contributed by atoms with Gasteiger partial charge in [-0.3, -0.25) is 37.3 Å². The Morgan fingerprint density at radius 2 is 0.511 bits per heavy atom. The minimum absolute atomic E-state index is 0.104. The Balaban J connectivity index is 5.26. The molecule has 0 aromatic carbocycles. The highest BCUT2D eigenvalue weighted by molar-refractivity contribution is 7.47. The van der Waals surface area contributed by atoms with Gasteiger partial charge in [0.05, 0.1) is 26.4 Å². The minimum atomic E-state index is -4.96. The fourth-order valence-electron chi connectivity index (χ4n) is 11.3. The zero-order valence-corrected chi connectivity index (χ0v) is 63.4. The van der Waals surface area contributed by atoms with E-state index in [4.69, 9.17) is 37.0 Å². The van der Waals surface area contributed by atoms with Gasteiger partial charge >= 0.3 is 39.5 Å². The van der Waals surface area contributed by atoms with Crippen molar-refractivity contribution < 1.29 is 80.2 Å². The molecule has 0 heterocycles. The molecule has 94 heavy (non-hydrogen) atoms. The Morgan fingerprint density at radius 3 is 0.755 bits per heavy atom. The number of unbranched alkanes of at least 4 members (excludes halogenated alkanes) is 35. The maximum Gasteiger partial charge on any atom is 0.472 e. The summed E-state index contributed by atoms with van der Waals surface area (Å²) in [4.78, 5) is 72.8. The number of esters is 4. The highest BCUT2D eigenvalue weighted by Crippen LogP contribution is 2.45. The van der Waals surface area contributed by atoms with Crippen LogP contribution in [0.4, 0.5) is 0 Å². The Morgan fingerprint density at radius 1 is 0.298 bits per heavy atom. The van der Waals surface area contributed by atoms with Crippen molar-refractivity contribution in [3.8, 4) is 0 Å². The van der Waals surface area contributed by atoms with Crippen molar-refractivity contribution in [2.24, 2.45) is 23.7 Å². The van der Waals surface area contributed by atoms with E-state index in [0.717, 1.165) is 114 Å². The highest BCUT2D eigenvalue weighted by Gasteiger charge is 2.30. The van der Waals surface area contributed by atoms with E-state index >= 15 is 0 Å². The molecule has 0 rings (SSSR count). The molecule has 0 saturated carbocycles. The quantitative estimate of drug-likeness (QED) is 0.0222. The third kappa shape index (κ3) is 64.7. The van der Waals surface area contributed by atoms with Crippen LogP contribution in [0.2, 0.25) is 0 Å². The summed E-state index contributed by atoms with van der Waals surface area (Å²) in [5.74, 6) is 1.01. The Hall–Kier alpha value is -1.94. The number of aliphatic hydroxyl groups is 1. The molecule has 0 amide bonds. The number of aliphatic hydroxyl groups excluding tert-OH is 1. The molecule has 0 aliphatic carbocycles. The first kappa shape index (κ1) is 92.1. The molecule has 6 unspecified atom stereocenters. The molecular formula is C75H146O17P2. The summed E-state index contributed by atoms with van der Waals surface area (Å²) >= 11 is 0. The Kier molecular flexibility index (Phi) is 63.1. The van der Waals surface area contributed by atoms with Crippen molar-refractivity contribution in [1.29, 1.82) is 0 Å². The average molecular weight is 1380 g/mol. The standard InChI is InChI=1S/C75H146O17P2/c1-9-66(6)52-44-36-28-20-16-14-12-13-15-17-23-32-41-49-57-74(79)91-70(61-85-72(77)55-47-39-31-22-19-18-21-29-37-45-53-67(7)10-2)63-89-93(81,82)87-59-69(76)60-88-94(83,84)90-64-71(62-86-73(78)56-48-40-34-26-27-35-43-51-65(4)5)92-75(80)58-50-42-33-25-24-30-38-46-54-68(8)11-3/h65-71,76H,9-64H2,1-8H3,(H,81,82)(H,83,84)/t66?,67?,68?,69?,70-,71-/m1/s1. The molecular weight excluding hydrogens is 1230 g/mol. The zero-order valence-electron chi connectivity index (χ0n) is 61.6. The fourth-order valence-corrected chi connectivity index (χ4v) is 12.9. The van der Waals surface area contributed by atoms with Crippen molar-refractivity contribution >= 4 is 39.5 Å². The van der Waals surface area contributed by atoms with Crippen LogP contribution in [0, 0.1) is 23.7 Å². The van der Waals surface area contributed by atoms with Gasteiger partial charge in [0.25, 0.3) is 0 Å². The van der Waals surface area contributed by atoms with E-state index in [1.165, 1.54) is 173 Å². The van der Waals surface area contributed by atoms with Crippen molar-refractivity contribution in [2.45, 2.75) is 395 Å². The second-order valence-corrected chi connectivity index (χ2v) is 31.1. The van der Waals surface area contributed by atoms with Gasteiger partial charge in [-0.05, 0) is 49.4 Å². The molecule has 558 valence electrons. The van der Waals surface area contributed by atoms with Crippen LogP contribution in [0.25, 0.3) is 0 Å². The lowest BCUT2D eigenvalue weighted by Crippen LogP contribution is -2.30. The van der Waals surface area contributed by atoms with E-state index in [2.05, 4.69) is 55.4 Å². The minimum Gasteiger partial charge on any atom is -0.462 e. The fraction of sp³-hybridized carbons (Fsp3) is 0.947. The first-order valence-corrected chi connectivity index (χ1v) is 41.8. The third-order valence-corrected chi connectivity index (χ3v) is 20.3. The van der Waals surface area contributed by atoms with E-state index in [1.54, 1.807) is 0 Å². The normalized spacial score (nSPS) is 15.0. The molecule has 0 saturated heterocycles. The van der Waals surface area contributed by atoms with Gasteiger partial charge < -0.3 is 33.8 Å².